The highest BCUT2D eigenvalue weighted by molar-refractivity contribution is 7.46. The summed E-state index contributed by atoms with van der Waals surface area (Å²) in [7, 11) is -4.39. The van der Waals surface area contributed by atoms with E-state index in [1.165, 1.54) is 44.9 Å². The maximum Gasteiger partial charge on any atom is 0.469 e. The van der Waals surface area contributed by atoms with Crippen LogP contribution in [0.1, 0.15) is 78.1 Å². The molecule has 4 rings (SSSR count). The molecule has 5 heteroatoms. The van der Waals surface area contributed by atoms with Gasteiger partial charge in [-0.1, -0.05) is 26.7 Å². The van der Waals surface area contributed by atoms with E-state index in [0.717, 1.165) is 37.0 Å². The average Bonchev–Trinajstić information content (AvgIpc) is 2.82. The van der Waals surface area contributed by atoms with Crippen LogP contribution < -0.4 is 0 Å². The molecule has 0 amide bonds. The molecule has 0 saturated heterocycles. The summed E-state index contributed by atoms with van der Waals surface area (Å²) in [4.78, 5) is 18.6. The van der Waals surface area contributed by atoms with Gasteiger partial charge in [0.15, 0.2) is 0 Å². The molecule has 4 fully saturated rings. The highest BCUT2D eigenvalue weighted by atomic mass is 31.2. The number of phosphoric acid groups is 1. The molecule has 0 radical (unpaired) electrons. The van der Waals surface area contributed by atoms with E-state index in [1.807, 2.05) is 0 Å². The van der Waals surface area contributed by atoms with Gasteiger partial charge in [-0.3, -0.25) is 4.52 Å². The Bertz CT molecular complexity index is 545. The van der Waals surface area contributed by atoms with Gasteiger partial charge in [-0.25, -0.2) is 4.57 Å². The maximum absolute atomic E-state index is 11.4. The van der Waals surface area contributed by atoms with Crippen LogP contribution in [0.3, 0.4) is 0 Å². The lowest BCUT2D eigenvalue weighted by Gasteiger charge is -2.60. The molecule has 4 saturated carbocycles. The lowest BCUT2D eigenvalue weighted by molar-refractivity contribution is -0.119. The van der Waals surface area contributed by atoms with Gasteiger partial charge >= 0.3 is 7.82 Å². The quantitative estimate of drug-likeness (QED) is 0.691. The SMILES string of the molecule is C[C@]12CC[C@H]3[C@@H](CCC4CCCC[C@@]43C)[C@H]1CC[C@H]2OP(=O)(O)O. The first-order valence-corrected chi connectivity index (χ1v) is 11.5. The zero-order chi connectivity index (χ0) is 17.2. The summed E-state index contributed by atoms with van der Waals surface area (Å²) in [6, 6.07) is 0. The fraction of sp³-hybridized carbons (Fsp3) is 1.00. The van der Waals surface area contributed by atoms with Crippen molar-refractivity contribution in [2.45, 2.75) is 84.2 Å². The third-order valence-electron chi connectivity index (χ3n) is 8.76. The molecule has 0 heterocycles. The van der Waals surface area contributed by atoms with Gasteiger partial charge in [-0.05, 0) is 85.9 Å². The molecule has 138 valence electrons. The summed E-state index contributed by atoms with van der Waals surface area (Å²) in [5.74, 6) is 3.07. The predicted octanol–water partition coefficient (Wildman–Crippen LogP) is 4.90. The Kier molecular flexibility index (Phi) is 4.24. The molecule has 0 aromatic carbocycles. The van der Waals surface area contributed by atoms with Gasteiger partial charge in [-0.2, -0.15) is 0 Å². The number of hydrogen-bond donors (Lipinski definition) is 2. The molecule has 0 aliphatic heterocycles. The third kappa shape index (κ3) is 2.64. The molecule has 0 spiro atoms. The summed E-state index contributed by atoms with van der Waals surface area (Å²) >= 11 is 0. The minimum Gasteiger partial charge on any atom is -0.303 e. The number of phosphoric ester groups is 1. The van der Waals surface area contributed by atoms with Crippen LogP contribution in [0, 0.1) is 34.5 Å². The highest BCUT2D eigenvalue weighted by Gasteiger charge is 2.60. The van der Waals surface area contributed by atoms with Crippen molar-refractivity contribution >= 4 is 7.82 Å². The number of hydrogen-bond acceptors (Lipinski definition) is 2. The Morgan fingerprint density at radius 1 is 0.875 bits per heavy atom. The molecule has 4 aliphatic carbocycles. The van der Waals surface area contributed by atoms with Crippen molar-refractivity contribution in [1.29, 1.82) is 0 Å². The van der Waals surface area contributed by atoms with Crippen LogP contribution in [0.4, 0.5) is 0 Å². The van der Waals surface area contributed by atoms with E-state index < -0.39 is 7.82 Å². The van der Waals surface area contributed by atoms with Gasteiger partial charge in [0, 0.05) is 0 Å². The molecule has 0 aromatic heterocycles. The summed E-state index contributed by atoms with van der Waals surface area (Å²) < 4.78 is 16.6. The van der Waals surface area contributed by atoms with Crippen LogP contribution in [0.15, 0.2) is 0 Å². The number of fused-ring (bicyclic) bond motifs is 5. The summed E-state index contributed by atoms with van der Waals surface area (Å²) in [6.45, 7) is 4.81. The van der Waals surface area contributed by atoms with Crippen molar-refractivity contribution in [2.24, 2.45) is 34.5 Å². The van der Waals surface area contributed by atoms with E-state index in [2.05, 4.69) is 13.8 Å². The van der Waals surface area contributed by atoms with E-state index in [0.29, 0.717) is 11.3 Å². The van der Waals surface area contributed by atoms with Gasteiger partial charge in [0.1, 0.15) is 0 Å². The van der Waals surface area contributed by atoms with E-state index in [9.17, 15) is 14.4 Å². The molecule has 1 unspecified atom stereocenters. The summed E-state index contributed by atoms with van der Waals surface area (Å²) in [5.41, 5.74) is 0.477. The normalized spacial score (nSPS) is 51.6. The van der Waals surface area contributed by atoms with Crippen LogP contribution in [-0.4, -0.2) is 15.9 Å². The Labute approximate surface area is 146 Å². The van der Waals surface area contributed by atoms with Gasteiger partial charge in [-0.15, -0.1) is 0 Å². The monoisotopic (exact) mass is 356 g/mol. The molecular weight excluding hydrogens is 323 g/mol. The standard InChI is InChI=1S/C19H33O4P/c1-18-11-4-3-5-13(18)6-7-14-15-8-9-17(23-24(20,21)22)19(15,2)12-10-16(14)18/h13-17H,3-12H2,1-2H3,(H2,20,21,22)/t13?,14-,15+,16-,17+,18-,19-/m0/s1. The molecule has 7 atom stereocenters. The Morgan fingerprint density at radius 2 is 1.62 bits per heavy atom. The largest absolute Gasteiger partial charge is 0.469 e. The van der Waals surface area contributed by atoms with Gasteiger partial charge in [0.05, 0.1) is 6.10 Å². The first-order chi connectivity index (χ1) is 11.2. The minimum atomic E-state index is -4.39. The fourth-order valence-electron chi connectivity index (χ4n) is 7.59. The first-order valence-electron chi connectivity index (χ1n) is 9.98. The van der Waals surface area contributed by atoms with Gasteiger partial charge in [0.25, 0.3) is 0 Å². The van der Waals surface area contributed by atoms with Crippen molar-refractivity contribution < 1.29 is 18.9 Å². The summed E-state index contributed by atoms with van der Waals surface area (Å²) in [6.07, 6.45) is 12.3. The van der Waals surface area contributed by atoms with Crippen molar-refractivity contribution in [2.75, 3.05) is 0 Å². The van der Waals surface area contributed by atoms with Crippen LogP contribution in [-0.2, 0) is 9.09 Å². The van der Waals surface area contributed by atoms with Crippen LogP contribution in [0.5, 0.6) is 0 Å². The van der Waals surface area contributed by atoms with Crippen LogP contribution in [0.25, 0.3) is 0 Å². The maximum atomic E-state index is 11.4. The minimum absolute atomic E-state index is 0.0415. The van der Waals surface area contributed by atoms with Crippen LogP contribution >= 0.6 is 7.82 Å². The van der Waals surface area contributed by atoms with E-state index in [-0.39, 0.29) is 11.5 Å². The van der Waals surface area contributed by atoms with Crippen LogP contribution in [0.2, 0.25) is 0 Å². The molecule has 0 aromatic rings. The summed E-state index contributed by atoms with van der Waals surface area (Å²) in [5, 5.41) is 0. The molecular formula is C19H33O4P. The zero-order valence-corrected chi connectivity index (χ0v) is 16.0. The smallest absolute Gasteiger partial charge is 0.303 e. The Morgan fingerprint density at radius 3 is 2.38 bits per heavy atom. The topological polar surface area (TPSA) is 66.8 Å². The third-order valence-corrected chi connectivity index (χ3v) is 9.29. The van der Waals surface area contributed by atoms with E-state index in [1.54, 1.807) is 0 Å². The molecule has 4 nitrogen and oxygen atoms in total. The number of rotatable bonds is 2. The Hall–Kier alpha value is 0.110. The van der Waals surface area contributed by atoms with E-state index in [4.69, 9.17) is 4.52 Å². The van der Waals surface area contributed by atoms with E-state index >= 15 is 0 Å². The second-order valence-electron chi connectivity index (χ2n) is 9.61. The van der Waals surface area contributed by atoms with Gasteiger partial charge in [0.2, 0.25) is 0 Å². The molecule has 4 aliphatic rings. The second kappa shape index (κ2) is 5.81. The fourth-order valence-corrected chi connectivity index (χ4v) is 8.26. The molecule has 0 bridgehead atoms. The second-order valence-corrected chi connectivity index (χ2v) is 10.8. The highest BCUT2D eigenvalue weighted by Crippen LogP contribution is 2.67. The molecule has 24 heavy (non-hydrogen) atoms. The lowest BCUT2D eigenvalue weighted by Crippen LogP contribution is -2.53. The van der Waals surface area contributed by atoms with Gasteiger partial charge < -0.3 is 9.79 Å². The van der Waals surface area contributed by atoms with Crippen molar-refractivity contribution in [3.63, 3.8) is 0 Å². The van der Waals surface area contributed by atoms with Crippen molar-refractivity contribution in [3.8, 4) is 0 Å². The molecule has 2 N–H and O–H groups in total. The van der Waals surface area contributed by atoms with Crippen molar-refractivity contribution in [1.82, 2.24) is 0 Å². The predicted molar refractivity (Wildman–Crippen MR) is 93.3 cm³/mol. The Balaban J connectivity index is 1.58. The zero-order valence-electron chi connectivity index (χ0n) is 15.1. The lowest BCUT2D eigenvalue weighted by atomic mass is 9.45. The average molecular weight is 356 g/mol. The van der Waals surface area contributed by atoms with Crippen molar-refractivity contribution in [3.05, 3.63) is 0 Å². The first kappa shape index (κ1) is 17.5.